The molecule has 0 aromatic rings. The highest BCUT2D eigenvalue weighted by molar-refractivity contribution is 6.09. The summed E-state index contributed by atoms with van der Waals surface area (Å²) in [4.78, 5) is 21.5. The summed E-state index contributed by atoms with van der Waals surface area (Å²) < 4.78 is 4.24. The van der Waals surface area contributed by atoms with Gasteiger partial charge in [0.2, 0.25) is 0 Å². The van der Waals surface area contributed by atoms with Gasteiger partial charge in [-0.05, 0) is 19.3 Å². The van der Waals surface area contributed by atoms with Gasteiger partial charge in [-0.3, -0.25) is 9.59 Å². The molecule has 3 nitrogen and oxygen atoms in total. The van der Waals surface area contributed by atoms with Crippen molar-refractivity contribution in [3.05, 3.63) is 12.2 Å². The molecule has 1 heterocycles. The van der Waals surface area contributed by atoms with Crippen molar-refractivity contribution < 1.29 is 14.3 Å². The van der Waals surface area contributed by atoms with Crippen LogP contribution < -0.4 is 0 Å². The van der Waals surface area contributed by atoms with Crippen LogP contribution >= 0.6 is 0 Å². The summed E-state index contributed by atoms with van der Waals surface area (Å²) in [5, 5.41) is 0. The van der Waals surface area contributed by atoms with Gasteiger partial charge < -0.3 is 4.74 Å². The second kappa shape index (κ2) is 5.58. The van der Waals surface area contributed by atoms with E-state index >= 15 is 0 Å². The molecule has 0 bridgehead atoms. The quantitative estimate of drug-likeness (QED) is 0.283. The Morgan fingerprint density at radius 1 is 1.21 bits per heavy atom. The van der Waals surface area contributed by atoms with Crippen LogP contribution in [-0.4, -0.2) is 11.9 Å². The second-order valence-corrected chi connectivity index (χ2v) is 3.50. The summed E-state index contributed by atoms with van der Waals surface area (Å²) in [7, 11) is 0. The Bertz CT molecular complexity index is 229. The molecule has 0 radical (unpaired) electrons. The van der Waals surface area contributed by atoms with Gasteiger partial charge in [0.05, 0.1) is 0 Å². The van der Waals surface area contributed by atoms with Gasteiger partial charge in [0, 0.05) is 0 Å². The van der Waals surface area contributed by atoms with Crippen molar-refractivity contribution in [1.82, 2.24) is 0 Å². The SMILES string of the molecule is CCCCC/C=C\CC1C(=O)OC1=O. The minimum absolute atomic E-state index is 0.381. The first-order valence-corrected chi connectivity index (χ1v) is 5.16. The van der Waals surface area contributed by atoms with Crippen LogP contribution in [0.25, 0.3) is 0 Å². The molecule has 0 saturated carbocycles. The molecule has 0 unspecified atom stereocenters. The van der Waals surface area contributed by atoms with Crippen molar-refractivity contribution in [1.29, 1.82) is 0 Å². The van der Waals surface area contributed by atoms with Crippen LogP contribution in [0.15, 0.2) is 12.2 Å². The third kappa shape index (κ3) is 2.98. The molecule has 1 saturated heterocycles. The Labute approximate surface area is 84.1 Å². The van der Waals surface area contributed by atoms with Crippen molar-refractivity contribution in [2.75, 3.05) is 0 Å². The van der Waals surface area contributed by atoms with Crippen molar-refractivity contribution >= 4 is 11.9 Å². The van der Waals surface area contributed by atoms with E-state index in [1.165, 1.54) is 19.3 Å². The summed E-state index contributed by atoms with van der Waals surface area (Å²) in [5.41, 5.74) is 0. The molecule has 0 aromatic heterocycles. The Kier molecular flexibility index (Phi) is 4.36. The summed E-state index contributed by atoms with van der Waals surface area (Å²) >= 11 is 0. The topological polar surface area (TPSA) is 43.4 Å². The summed E-state index contributed by atoms with van der Waals surface area (Å²) in [6, 6.07) is 0. The van der Waals surface area contributed by atoms with E-state index in [4.69, 9.17) is 0 Å². The molecule has 14 heavy (non-hydrogen) atoms. The highest BCUT2D eigenvalue weighted by Gasteiger charge is 2.40. The predicted molar refractivity (Wildman–Crippen MR) is 52.5 cm³/mol. The van der Waals surface area contributed by atoms with Gasteiger partial charge in [0.1, 0.15) is 0 Å². The number of carbonyl (C=O) groups excluding carboxylic acids is 2. The number of rotatable bonds is 6. The standard InChI is InChI=1S/C11H16O3/c1-2-3-4-5-6-7-8-9-10(12)14-11(9)13/h6-7,9H,2-5,8H2,1H3/b7-6-. The lowest BCUT2D eigenvalue weighted by molar-refractivity contribution is -0.183. The zero-order chi connectivity index (χ0) is 10.4. The minimum Gasteiger partial charge on any atom is -0.392 e. The number of carbonyl (C=O) groups is 2. The van der Waals surface area contributed by atoms with Crippen molar-refractivity contribution in [2.45, 2.75) is 39.0 Å². The van der Waals surface area contributed by atoms with E-state index in [0.29, 0.717) is 6.42 Å². The van der Waals surface area contributed by atoms with Crippen LogP contribution in [0.3, 0.4) is 0 Å². The van der Waals surface area contributed by atoms with Crippen molar-refractivity contribution in [3.8, 4) is 0 Å². The van der Waals surface area contributed by atoms with Gasteiger partial charge in [0.15, 0.2) is 5.92 Å². The van der Waals surface area contributed by atoms with Gasteiger partial charge in [-0.25, -0.2) is 0 Å². The van der Waals surface area contributed by atoms with E-state index in [9.17, 15) is 9.59 Å². The van der Waals surface area contributed by atoms with E-state index in [1.807, 2.05) is 12.2 Å². The van der Waals surface area contributed by atoms with Crippen molar-refractivity contribution in [3.63, 3.8) is 0 Å². The predicted octanol–water partition coefficient (Wildman–Crippen LogP) is 2.21. The first-order valence-electron chi connectivity index (χ1n) is 5.16. The molecule has 78 valence electrons. The van der Waals surface area contributed by atoms with E-state index in [0.717, 1.165) is 6.42 Å². The first-order chi connectivity index (χ1) is 6.75. The molecule has 0 aliphatic carbocycles. The molecule has 1 rings (SSSR count). The molecule has 1 aliphatic rings. The van der Waals surface area contributed by atoms with E-state index in [1.54, 1.807) is 0 Å². The van der Waals surface area contributed by atoms with Crippen LogP contribution in [0.2, 0.25) is 0 Å². The number of allylic oxidation sites excluding steroid dienone is 2. The molecule has 3 heteroatoms. The van der Waals surface area contributed by atoms with Gasteiger partial charge in [-0.2, -0.15) is 0 Å². The molecule has 0 aromatic carbocycles. The lowest BCUT2D eigenvalue weighted by Crippen LogP contribution is -2.40. The Balaban J connectivity index is 2.08. The molecule has 0 amide bonds. The number of hydrogen-bond donors (Lipinski definition) is 0. The zero-order valence-corrected chi connectivity index (χ0v) is 8.49. The van der Waals surface area contributed by atoms with Crippen LogP contribution in [0.1, 0.15) is 39.0 Å². The number of esters is 2. The molecule has 0 N–H and O–H groups in total. The van der Waals surface area contributed by atoms with Crippen molar-refractivity contribution in [2.24, 2.45) is 5.92 Å². The monoisotopic (exact) mass is 196 g/mol. The maximum atomic E-state index is 10.7. The Hall–Kier alpha value is -1.12. The van der Waals surface area contributed by atoms with E-state index < -0.39 is 5.92 Å². The second-order valence-electron chi connectivity index (χ2n) is 3.50. The zero-order valence-electron chi connectivity index (χ0n) is 8.49. The lowest BCUT2D eigenvalue weighted by Gasteiger charge is -2.19. The average molecular weight is 196 g/mol. The van der Waals surface area contributed by atoms with E-state index in [-0.39, 0.29) is 11.9 Å². The minimum atomic E-state index is -0.516. The highest BCUT2D eigenvalue weighted by Crippen LogP contribution is 2.19. The molecule has 0 spiro atoms. The molecular formula is C11H16O3. The summed E-state index contributed by atoms with van der Waals surface area (Å²) in [6.07, 6.45) is 9.09. The summed E-state index contributed by atoms with van der Waals surface area (Å²) in [6.45, 7) is 2.16. The number of hydrogen-bond acceptors (Lipinski definition) is 3. The fraction of sp³-hybridized carbons (Fsp3) is 0.636. The average Bonchev–Trinajstić information content (AvgIpc) is 2.16. The third-order valence-electron chi connectivity index (χ3n) is 2.28. The van der Waals surface area contributed by atoms with Gasteiger partial charge in [-0.15, -0.1) is 0 Å². The Morgan fingerprint density at radius 3 is 2.50 bits per heavy atom. The van der Waals surface area contributed by atoms with E-state index in [2.05, 4.69) is 11.7 Å². The molecule has 1 fully saturated rings. The molecule has 0 atom stereocenters. The normalized spacial score (nSPS) is 17.2. The van der Waals surface area contributed by atoms with Crippen LogP contribution in [0, 0.1) is 5.92 Å². The van der Waals surface area contributed by atoms with Crippen LogP contribution in [0.4, 0.5) is 0 Å². The highest BCUT2D eigenvalue weighted by atomic mass is 16.6. The number of unbranched alkanes of at least 4 members (excludes halogenated alkanes) is 3. The van der Waals surface area contributed by atoms with Crippen LogP contribution in [-0.2, 0) is 14.3 Å². The Morgan fingerprint density at radius 2 is 1.93 bits per heavy atom. The maximum absolute atomic E-state index is 10.7. The number of cyclic esters (lactones) is 2. The molecular weight excluding hydrogens is 180 g/mol. The summed E-state index contributed by atoms with van der Waals surface area (Å²) in [5.74, 6) is -1.28. The third-order valence-corrected chi connectivity index (χ3v) is 2.28. The van der Waals surface area contributed by atoms with Gasteiger partial charge >= 0.3 is 11.9 Å². The smallest absolute Gasteiger partial charge is 0.328 e. The van der Waals surface area contributed by atoms with Gasteiger partial charge in [-0.1, -0.05) is 31.9 Å². The van der Waals surface area contributed by atoms with Crippen LogP contribution in [0.5, 0.6) is 0 Å². The lowest BCUT2D eigenvalue weighted by atomic mass is 10.0. The first kappa shape index (κ1) is 11.0. The largest absolute Gasteiger partial charge is 0.392 e. The fourth-order valence-electron chi connectivity index (χ4n) is 1.33. The molecule has 1 aliphatic heterocycles. The number of ether oxygens (including phenoxy) is 1. The fourth-order valence-corrected chi connectivity index (χ4v) is 1.33. The van der Waals surface area contributed by atoms with Gasteiger partial charge in [0.25, 0.3) is 0 Å². The maximum Gasteiger partial charge on any atom is 0.328 e.